The third-order valence-electron chi connectivity index (χ3n) is 2.11. The fourth-order valence-corrected chi connectivity index (χ4v) is 1.26. The maximum absolute atomic E-state index is 9.85. The lowest BCUT2D eigenvalue weighted by atomic mass is 10.1. The molecule has 7 heteroatoms. The van der Waals surface area contributed by atoms with E-state index in [-0.39, 0.29) is 11.5 Å². The molecule has 0 bridgehead atoms. The average molecular weight is 286 g/mol. The molecule has 0 aliphatic rings. The first-order valence-corrected chi connectivity index (χ1v) is 5.82. The van der Waals surface area contributed by atoms with Crippen LogP contribution in [0.4, 0.5) is 0 Å². The molecule has 1 aromatic rings. The van der Waals surface area contributed by atoms with Crippen LogP contribution in [0.2, 0.25) is 0 Å². The molecule has 0 aliphatic carbocycles. The van der Waals surface area contributed by atoms with Crippen molar-refractivity contribution >= 4 is 11.9 Å². The van der Waals surface area contributed by atoms with Crippen molar-refractivity contribution in [1.29, 1.82) is 0 Å². The Morgan fingerprint density at radius 3 is 1.95 bits per heavy atom. The fourth-order valence-electron chi connectivity index (χ4n) is 1.26. The van der Waals surface area contributed by atoms with Crippen LogP contribution in [0.25, 0.3) is 0 Å². The minimum absolute atomic E-state index is 0. The summed E-state index contributed by atoms with van der Waals surface area (Å²) < 4.78 is 0. The van der Waals surface area contributed by atoms with Gasteiger partial charge in [0.1, 0.15) is 6.04 Å². The smallest absolute Gasteiger partial charge is 0.321 e. The quantitative estimate of drug-likeness (QED) is 0.577. The minimum Gasteiger partial charge on any atom is -0.481 e. The van der Waals surface area contributed by atoms with Gasteiger partial charge in [-0.05, 0) is 18.9 Å². The van der Waals surface area contributed by atoms with Crippen LogP contribution in [-0.4, -0.2) is 39.7 Å². The largest absolute Gasteiger partial charge is 0.481 e. The van der Waals surface area contributed by atoms with Crippen molar-refractivity contribution in [3.8, 4) is 0 Å². The van der Waals surface area contributed by atoms with E-state index < -0.39 is 24.4 Å². The van der Waals surface area contributed by atoms with Gasteiger partial charge in [0, 0.05) is 6.04 Å². The zero-order chi connectivity index (χ0) is 14.8. The first kappa shape index (κ1) is 20.4. The van der Waals surface area contributed by atoms with Gasteiger partial charge in [-0.3, -0.25) is 9.59 Å². The molecule has 2 atom stereocenters. The molecule has 0 spiro atoms. The summed E-state index contributed by atoms with van der Waals surface area (Å²) in [6.45, 7) is 2.02. The lowest BCUT2D eigenvalue weighted by molar-refractivity contribution is -0.144. The van der Waals surface area contributed by atoms with Crippen LogP contribution in [0.1, 0.15) is 18.9 Å². The molecule has 0 radical (unpaired) electrons. The number of hydrogen-bond donors (Lipinski definition) is 4. The fraction of sp³-hybridized carbons (Fsp3) is 0.385. The maximum atomic E-state index is 9.85. The Kier molecular flexibility index (Phi) is 11.1. The SMILES string of the molecule is C[C@H](N)Cc1ccccc1.N[C@@H](CC(=O)O)C(=O)O.O. The number of hydrogen-bond acceptors (Lipinski definition) is 4. The zero-order valence-electron chi connectivity index (χ0n) is 11.3. The monoisotopic (exact) mass is 286 g/mol. The molecular formula is C13H22N2O5. The van der Waals surface area contributed by atoms with Crippen molar-refractivity contribution in [1.82, 2.24) is 0 Å². The van der Waals surface area contributed by atoms with E-state index in [2.05, 4.69) is 12.1 Å². The molecular weight excluding hydrogens is 264 g/mol. The van der Waals surface area contributed by atoms with E-state index in [0.717, 1.165) is 6.42 Å². The summed E-state index contributed by atoms with van der Waals surface area (Å²) in [7, 11) is 0. The summed E-state index contributed by atoms with van der Waals surface area (Å²) in [6.07, 6.45) is 0.441. The van der Waals surface area contributed by atoms with Gasteiger partial charge in [-0.2, -0.15) is 0 Å². The van der Waals surface area contributed by atoms with Crippen molar-refractivity contribution in [2.75, 3.05) is 0 Å². The topological polar surface area (TPSA) is 158 Å². The van der Waals surface area contributed by atoms with Crippen molar-refractivity contribution in [3.05, 3.63) is 35.9 Å². The third kappa shape index (κ3) is 11.1. The summed E-state index contributed by atoms with van der Waals surface area (Å²) in [5.41, 5.74) is 11.8. The maximum Gasteiger partial charge on any atom is 0.321 e. The zero-order valence-corrected chi connectivity index (χ0v) is 11.3. The van der Waals surface area contributed by atoms with Gasteiger partial charge in [0.15, 0.2) is 0 Å². The molecule has 0 saturated carbocycles. The Hall–Kier alpha value is -1.96. The first-order valence-electron chi connectivity index (χ1n) is 5.82. The Morgan fingerprint density at radius 2 is 1.65 bits per heavy atom. The van der Waals surface area contributed by atoms with Crippen LogP contribution in [0.3, 0.4) is 0 Å². The lowest BCUT2D eigenvalue weighted by Crippen LogP contribution is -2.32. The highest BCUT2D eigenvalue weighted by atomic mass is 16.4. The molecule has 114 valence electrons. The second-order valence-corrected chi connectivity index (χ2v) is 4.21. The Morgan fingerprint density at radius 1 is 1.15 bits per heavy atom. The predicted molar refractivity (Wildman–Crippen MR) is 75.3 cm³/mol. The van der Waals surface area contributed by atoms with Crippen LogP contribution in [0, 0.1) is 0 Å². The molecule has 0 aliphatic heterocycles. The van der Waals surface area contributed by atoms with E-state index in [1.165, 1.54) is 5.56 Å². The van der Waals surface area contributed by atoms with Gasteiger partial charge in [-0.25, -0.2) is 0 Å². The molecule has 0 fully saturated rings. The molecule has 0 unspecified atom stereocenters. The summed E-state index contributed by atoms with van der Waals surface area (Å²) in [5, 5.41) is 16.0. The highest BCUT2D eigenvalue weighted by molar-refractivity contribution is 5.80. The highest BCUT2D eigenvalue weighted by Crippen LogP contribution is 2.00. The number of aliphatic carboxylic acids is 2. The van der Waals surface area contributed by atoms with Crippen molar-refractivity contribution in [2.24, 2.45) is 11.5 Å². The van der Waals surface area contributed by atoms with Crippen molar-refractivity contribution in [3.63, 3.8) is 0 Å². The van der Waals surface area contributed by atoms with Crippen LogP contribution >= 0.6 is 0 Å². The normalized spacial score (nSPS) is 12.2. The number of nitrogens with two attached hydrogens (primary N) is 2. The van der Waals surface area contributed by atoms with Gasteiger partial charge in [0.05, 0.1) is 6.42 Å². The Balaban J connectivity index is 0. The first-order chi connectivity index (χ1) is 8.82. The van der Waals surface area contributed by atoms with E-state index in [9.17, 15) is 9.59 Å². The predicted octanol–water partition coefficient (Wildman–Crippen LogP) is -0.375. The van der Waals surface area contributed by atoms with E-state index >= 15 is 0 Å². The minimum atomic E-state index is -1.29. The lowest BCUT2D eigenvalue weighted by Gasteiger charge is -2.02. The molecule has 0 saturated heterocycles. The second-order valence-electron chi connectivity index (χ2n) is 4.21. The van der Waals surface area contributed by atoms with Crippen LogP contribution in [0.5, 0.6) is 0 Å². The average Bonchev–Trinajstić information content (AvgIpc) is 2.29. The number of rotatable bonds is 5. The number of benzene rings is 1. The van der Waals surface area contributed by atoms with Crippen molar-refractivity contribution < 1.29 is 25.3 Å². The Bertz CT molecular complexity index is 395. The summed E-state index contributed by atoms with van der Waals surface area (Å²) >= 11 is 0. The van der Waals surface area contributed by atoms with Gasteiger partial charge in [-0.1, -0.05) is 30.3 Å². The van der Waals surface area contributed by atoms with Crippen LogP contribution in [0.15, 0.2) is 30.3 Å². The molecule has 1 aromatic carbocycles. The van der Waals surface area contributed by atoms with Crippen LogP contribution < -0.4 is 11.5 Å². The third-order valence-corrected chi connectivity index (χ3v) is 2.11. The standard InChI is InChI=1S/C9H13N.C4H7NO4.H2O/c1-8(10)7-9-5-3-2-4-6-9;5-2(4(8)9)1-3(6)7;/h2-6,8H,7,10H2,1H3;2H,1,5H2,(H,6,7)(H,8,9);1H2/t8-;2-;/m00./s1. The van der Waals surface area contributed by atoms with E-state index in [0.29, 0.717) is 0 Å². The molecule has 20 heavy (non-hydrogen) atoms. The molecule has 8 N–H and O–H groups in total. The van der Waals surface area contributed by atoms with Gasteiger partial charge in [0.25, 0.3) is 0 Å². The molecule has 0 heterocycles. The van der Waals surface area contributed by atoms with Crippen LogP contribution in [-0.2, 0) is 16.0 Å². The van der Waals surface area contributed by atoms with E-state index in [4.69, 9.17) is 21.7 Å². The van der Waals surface area contributed by atoms with Gasteiger partial charge >= 0.3 is 11.9 Å². The highest BCUT2D eigenvalue weighted by Gasteiger charge is 2.14. The molecule has 7 nitrogen and oxygen atoms in total. The summed E-state index contributed by atoms with van der Waals surface area (Å²) in [6, 6.07) is 9.28. The second kappa shape index (κ2) is 10.9. The number of carboxylic acid groups (broad SMARTS) is 2. The van der Waals surface area contributed by atoms with Gasteiger partial charge < -0.3 is 27.2 Å². The summed E-state index contributed by atoms with van der Waals surface area (Å²) in [5.74, 6) is -2.50. The van der Waals surface area contributed by atoms with Gasteiger partial charge in [0.2, 0.25) is 0 Å². The summed E-state index contributed by atoms with van der Waals surface area (Å²) in [4.78, 5) is 19.6. The molecule has 0 amide bonds. The number of carbonyl (C=O) groups is 2. The number of carboxylic acids is 2. The van der Waals surface area contributed by atoms with Crippen molar-refractivity contribution in [2.45, 2.75) is 31.8 Å². The molecule has 0 aromatic heterocycles. The van der Waals surface area contributed by atoms with Gasteiger partial charge in [-0.15, -0.1) is 0 Å². The molecule has 1 rings (SSSR count). The van der Waals surface area contributed by atoms with E-state index in [1.54, 1.807) is 0 Å². The van der Waals surface area contributed by atoms with E-state index in [1.807, 2.05) is 25.1 Å². The Labute approximate surface area is 117 Å².